The van der Waals surface area contributed by atoms with Crippen molar-refractivity contribution in [2.45, 2.75) is 19.0 Å². The second-order valence-corrected chi connectivity index (χ2v) is 11.6. The number of terminal acetylenes is 1. The smallest absolute Gasteiger partial charge is 0.417 e. The van der Waals surface area contributed by atoms with E-state index in [1.54, 1.807) is 43.4 Å². The van der Waals surface area contributed by atoms with E-state index in [-0.39, 0.29) is 67.8 Å². The number of aliphatic carboxylic acids is 1. The Bertz CT molecular complexity index is 1880. The number of carboxylic acids is 1. The first-order valence-electron chi connectivity index (χ1n) is 17.0. The summed E-state index contributed by atoms with van der Waals surface area (Å²) in [6, 6.07) is 19.0. The number of amides is 5. The Morgan fingerprint density at radius 2 is 1.37 bits per heavy atom. The third kappa shape index (κ3) is 15.4. The number of rotatable bonds is 7. The molecule has 0 bridgehead atoms. The maximum atomic E-state index is 12.0. The Balaban J connectivity index is 0.000000252. The van der Waals surface area contributed by atoms with Crippen LogP contribution in [0.1, 0.15) is 30.1 Å². The molecule has 18 heteroatoms. The van der Waals surface area contributed by atoms with Crippen molar-refractivity contribution in [3.05, 3.63) is 114 Å². The lowest BCUT2D eigenvalue weighted by atomic mass is 10.1. The SMILES string of the molecule is C#C.CCOC(=O)C=[N+]=[N-].O=C(O)C1C=C1.O=C1N[C@@H](c2ccccc2)CO1.O=C1OCCN1C(=O)C1C=C1.O=C1OC[C@H](c2ccccc2)N1C(=O)C1C=C1.S. The van der Waals surface area contributed by atoms with Crippen molar-refractivity contribution in [1.29, 1.82) is 0 Å². The third-order valence-electron chi connectivity index (χ3n) is 7.66. The van der Waals surface area contributed by atoms with Gasteiger partial charge in [0.1, 0.15) is 25.9 Å². The van der Waals surface area contributed by atoms with E-state index in [0.29, 0.717) is 32.6 Å². The monoisotopic (exact) mass is 803 g/mol. The van der Waals surface area contributed by atoms with Crippen molar-refractivity contribution in [1.82, 2.24) is 15.1 Å². The van der Waals surface area contributed by atoms with Gasteiger partial charge in [-0.15, -0.1) is 12.8 Å². The Kier molecular flexibility index (Phi) is 19.2. The first-order valence-corrected chi connectivity index (χ1v) is 17.0. The van der Waals surface area contributed by atoms with Gasteiger partial charge in [0, 0.05) is 0 Å². The summed E-state index contributed by atoms with van der Waals surface area (Å²) in [6.45, 7) is 3.37. The lowest BCUT2D eigenvalue weighted by Crippen LogP contribution is -2.35. The van der Waals surface area contributed by atoms with E-state index in [9.17, 15) is 33.6 Å². The van der Waals surface area contributed by atoms with Gasteiger partial charge in [-0.25, -0.2) is 29.0 Å². The minimum absolute atomic E-state index is 0. The van der Waals surface area contributed by atoms with Crippen LogP contribution in [-0.4, -0.2) is 101 Å². The molecule has 17 nitrogen and oxygen atoms in total. The molecule has 8 rings (SSSR count). The van der Waals surface area contributed by atoms with Crippen LogP contribution < -0.4 is 5.32 Å². The number of nitrogens with zero attached hydrogens (tertiary/aromatic N) is 4. The number of carboxylic acid groups (broad SMARTS) is 1. The van der Waals surface area contributed by atoms with E-state index in [4.69, 9.17) is 20.1 Å². The summed E-state index contributed by atoms with van der Waals surface area (Å²) in [5.41, 5.74) is 9.74. The van der Waals surface area contributed by atoms with E-state index in [1.165, 1.54) is 4.90 Å². The number of carbonyl (C=O) groups excluding carboxylic acids is 6. The van der Waals surface area contributed by atoms with Crippen molar-refractivity contribution >= 4 is 61.7 Å². The Morgan fingerprint density at radius 3 is 1.79 bits per heavy atom. The molecule has 3 aliphatic carbocycles. The number of benzene rings is 2. The fourth-order valence-electron chi connectivity index (χ4n) is 4.66. The highest BCUT2D eigenvalue weighted by molar-refractivity contribution is 7.59. The number of esters is 1. The number of ether oxygens (including phenoxy) is 4. The fraction of sp³-hybridized carbons (Fsp3) is 0.282. The lowest BCUT2D eigenvalue weighted by Gasteiger charge is -2.19. The van der Waals surface area contributed by atoms with Crippen LogP contribution in [0.25, 0.3) is 5.53 Å². The lowest BCUT2D eigenvalue weighted by molar-refractivity contribution is -0.138. The number of cyclic esters (lactones) is 3. The van der Waals surface area contributed by atoms with Gasteiger partial charge in [0.05, 0.1) is 36.9 Å². The fourth-order valence-corrected chi connectivity index (χ4v) is 4.66. The van der Waals surface area contributed by atoms with Gasteiger partial charge in [-0.3, -0.25) is 14.4 Å². The van der Waals surface area contributed by atoms with Crippen molar-refractivity contribution in [3.8, 4) is 12.8 Å². The summed E-state index contributed by atoms with van der Waals surface area (Å²) in [7, 11) is 0. The standard InChI is InChI=1S/C13H11NO3.C9H9NO2.C7H7NO3.C4H6N2O2.C4H4O2.C2H2.H2S/c15-12(10-6-7-10)14-11(8-17-13(14)16)9-4-2-1-3-5-9;11-9-10-8(6-12-9)7-4-2-1-3-5-7;9-6(5-1-2-5)8-3-4-11-7(8)10;1-2-8-4(7)3-6-5;5-4(6)3-1-2-3;1-2;/h1-7,10-11H,8H2;1-5,8H,6H2,(H,10,11);1-2,5H,3-4H2;3H,2H2,1H3;1-3H,(H,5,6);1-2H;1H2/t11-;8-;;;;;/m11...../s1. The quantitative estimate of drug-likeness (QED) is 0.0770. The summed E-state index contributed by atoms with van der Waals surface area (Å²) >= 11 is 0. The van der Waals surface area contributed by atoms with Crippen LogP contribution in [0.3, 0.4) is 0 Å². The minimum Gasteiger partial charge on any atom is -0.481 e. The maximum Gasteiger partial charge on any atom is 0.417 e. The molecule has 5 amide bonds. The zero-order chi connectivity index (χ0) is 41.0. The number of carbonyl (C=O) groups is 7. The maximum absolute atomic E-state index is 12.0. The molecular formula is C39H41N5O12S. The molecule has 2 N–H and O–H groups in total. The minimum atomic E-state index is -0.741. The average molecular weight is 804 g/mol. The highest BCUT2D eigenvalue weighted by atomic mass is 32.1. The van der Waals surface area contributed by atoms with Gasteiger partial charge < -0.3 is 34.9 Å². The highest BCUT2D eigenvalue weighted by Crippen LogP contribution is 2.32. The predicted molar refractivity (Wildman–Crippen MR) is 206 cm³/mol. The summed E-state index contributed by atoms with van der Waals surface area (Å²) in [5.74, 6) is -2.31. The average Bonchev–Trinajstić information content (AvgIpc) is 4.13. The van der Waals surface area contributed by atoms with Gasteiger partial charge >= 0.3 is 36.4 Å². The number of hydrogen-bond acceptors (Lipinski definition) is 11. The molecule has 6 aliphatic rings. The molecule has 0 unspecified atom stereocenters. The number of imide groups is 2. The second kappa shape index (κ2) is 23.7. The van der Waals surface area contributed by atoms with Crippen molar-refractivity contribution < 1.29 is 62.4 Å². The molecule has 2 aromatic carbocycles. The Morgan fingerprint density at radius 1 is 0.825 bits per heavy atom. The van der Waals surface area contributed by atoms with Gasteiger partial charge in [0.15, 0.2) is 0 Å². The normalized spacial score (nSPS) is 18.5. The van der Waals surface area contributed by atoms with Crippen LogP contribution in [0.5, 0.6) is 0 Å². The highest BCUT2D eigenvalue weighted by Gasteiger charge is 2.42. The van der Waals surface area contributed by atoms with E-state index in [2.05, 4.69) is 32.4 Å². The van der Waals surface area contributed by atoms with Gasteiger partial charge in [0.2, 0.25) is 11.8 Å². The van der Waals surface area contributed by atoms with Crippen molar-refractivity contribution in [2.24, 2.45) is 17.8 Å². The van der Waals surface area contributed by atoms with Crippen LogP contribution in [-0.2, 0) is 38.1 Å². The molecule has 3 aliphatic heterocycles. The van der Waals surface area contributed by atoms with Crippen LogP contribution >= 0.6 is 13.5 Å². The first kappa shape index (κ1) is 46.2. The Hall–Kier alpha value is -6.96. The van der Waals surface area contributed by atoms with E-state index in [0.717, 1.165) is 16.0 Å². The molecule has 57 heavy (non-hydrogen) atoms. The summed E-state index contributed by atoms with van der Waals surface area (Å²) in [5, 5.41) is 10.7. The molecule has 300 valence electrons. The zero-order valence-corrected chi connectivity index (χ0v) is 31.6. The van der Waals surface area contributed by atoms with E-state index in [1.807, 2.05) is 60.7 Å². The van der Waals surface area contributed by atoms with E-state index < -0.39 is 24.1 Å². The molecule has 0 saturated carbocycles. The third-order valence-corrected chi connectivity index (χ3v) is 7.66. The molecule has 0 aromatic heterocycles. The topological polar surface area (TPSA) is 232 Å². The van der Waals surface area contributed by atoms with Gasteiger partial charge in [-0.05, 0) is 18.1 Å². The van der Waals surface area contributed by atoms with Crippen molar-refractivity contribution in [2.75, 3.05) is 33.0 Å². The molecule has 2 atom stereocenters. The number of nitrogens with one attached hydrogen (secondary N) is 1. The molecule has 3 fully saturated rings. The predicted octanol–water partition coefficient (Wildman–Crippen LogP) is 3.98. The summed E-state index contributed by atoms with van der Waals surface area (Å²) < 4.78 is 18.7. The molecule has 3 heterocycles. The molecule has 0 spiro atoms. The van der Waals surface area contributed by atoms with Crippen LogP contribution in [0.4, 0.5) is 14.4 Å². The van der Waals surface area contributed by atoms with Crippen LogP contribution in [0.15, 0.2) is 97.1 Å². The largest absolute Gasteiger partial charge is 0.481 e. The molecule has 0 radical (unpaired) electrons. The number of hydrogen-bond donors (Lipinski definition) is 2. The van der Waals surface area contributed by atoms with E-state index >= 15 is 0 Å². The number of alkyl carbamates (subject to hydrolysis) is 1. The summed E-state index contributed by atoms with van der Waals surface area (Å²) in [6.07, 6.45) is 17.7. The molecule has 3 saturated heterocycles. The Labute approximate surface area is 334 Å². The zero-order valence-electron chi connectivity index (χ0n) is 30.6. The van der Waals surface area contributed by atoms with Crippen LogP contribution in [0, 0.1) is 30.6 Å². The molecular weight excluding hydrogens is 763 g/mol. The van der Waals surface area contributed by atoms with Gasteiger partial charge in [-0.1, -0.05) is 97.1 Å². The van der Waals surface area contributed by atoms with Crippen molar-refractivity contribution in [3.63, 3.8) is 0 Å². The van der Waals surface area contributed by atoms with Crippen LogP contribution in [0.2, 0.25) is 0 Å². The van der Waals surface area contributed by atoms with Gasteiger partial charge in [-0.2, -0.15) is 18.3 Å². The first-order chi connectivity index (χ1) is 27.0. The molecule has 2 aromatic rings. The van der Waals surface area contributed by atoms with Gasteiger partial charge in [0.25, 0.3) is 0 Å². The summed E-state index contributed by atoms with van der Waals surface area (Å²) in [4.78, 5) is 80.9. The second-order valence-electron chi connectivity index (χ2n) is 11.6.